The zero-order valence-corrected chi connectivity index (χ0v) is 18.2. The fourth-order valence-corrected chi connectivity index (χ4v) is 5.26. The number of likely N-dealkylation sites (tertiary alicyclic amines) is 1. The van der Waals surface area contributed by atoms with Crippen molar-refractivity contribution in [3.63, 3.8) is 0 Å². The number of amides is 3. The Morgan fingerprint density at radius 2 is 2.00 bits per heavy atom. The molecule has 11 heteroatoms. The van der Waals surface area contributed by atoms with Gasteiger partial charge in [-0.2, -0.15) is 0 Å². The summed E-state index contributed by atoms with van der Waals surface area (Å²) in [7, 11) is 0. The van der Waals surface area contributed by atoms with Gasteiger partial charge < -0.3 is 14.5 Å². The van der Waals surface area contributed by atoms with Crippen molar-refractivity contribution in [1.82, 2.24) is 20.7 Å². The van der Waals surface area contributed by atoms with E-state index >= 15 is 0 Å². The highest BCUT2D eigenvalue weighted by molar-refractivity contribution is 7.17. The van der Waals surface area contributed by atoms with Gasteiger partial charge in [0.2, 0.25) is 0 Å². The van der Waals surface area contributed by atoms with Gasteiger partial charge in [-0.25, -0.2) is 4.98 Å². The van der Waals surface area contributed by atoms with Crippen LogP contribution in [0.2, 0.25) is 0 Å². The van der Waals surface area contributed by atoms with Crippen molar-refractivity contribution in [3.05, 3.63) is 33.0 Å². The molecule has 2 fully saturated rings. The minimum Gasteiger partial charge on any atom is -0.378 e. The highest BCUT2D eigenvalue weighted by Gasteiger charge is 2.35. The second-order valence-corrected chi connectivity index (χ2v) is 9.01. The van der Waals surface area contributed by atoms with Crippen molar-refractivity contribution in [2.75, 3.05) is 37.7 Å². The van der Waals surface area contributed by atoms with Crippen LogP contribution < -0.4 is 15.8 Å². The summed E-state index contributed by atoms with van der Waals surface area (Å²) in [6.45, 7) is 5.05. The van der Waals surface area contributed by atoms with Crippen molar-refractivity contribution in [2.45, 2.75) is 25.8 Å². The van der Waals surface area contributed by atoms with E-state index < -0.39 is 11.9 Å². The maximum Gasteiger partial charge on any atom is 0.281 e. The van der Waals surface area contributed by atoms with Gasteiger partial charge in [-0.15, -0.1) is 11.3 Å². The number of anilines is 1. The van der Waals surface area contributed by atoms with Crippen LogP contribution in [-0.4, -0.2) is 66.5 Å². The molecule has 2 aliphatic heterocycles. The van der Waals surface area contributed by atoms with Gasteiger partial charge in [0.25, 0.3) is 17.7 Å². The third kappa shape index (κ3) is 4.32. The predicted molar refractivity (Wildman–Crippen MR) is 114 cm³/mol. The average molecular weight is 450 g/mol. The quantitative estimate of drug-likeness (QED) is 0.684. The summed E-state index contributed by atoms with van der Waals surface area (Å²) in [6.07, 6.45) is 1.32. The zero-order valence-electron chi connectivity index (χ0n) is 16.6. The first kappa shape index (κ1) is 20.8. The molecule has 2 aromatic heterocycles. The summed E-state index contributed by atoms with van der Waals surface area (Å²) in [5.41, 5.74) is 5.58. The van der Waals surface area contributed by atoms with Crippen molar-refractivity contribution >= 4 is 45.5 Å². The molecule has 30 heavy (non-hydrogen) atoms. The smallest absolute Gasteiger partial charge is 0.281 e. The van der Waals surface area contributed by atoms with Crippen LogP contribution >= 0.6 is 22.7 Å². The molecule has 4 rings (SSSR count). The Bertz CT molecular complexity index is 924. The number of aryl methyl sites for hydroxylation is 1. The van der Waals surface area contributed by atoms with Crippen LogP contribution in [-0.2, 0) is 9.53 Å². The number of morpholine rings is 1. The Hall–Kier alpha value is -2.50. The van der Waals surface area contributed by atoms with Crippen LogP contribution in [0.1, 0.15) is 37.9 Å². The number of hydrazine groups is 1. The summed E-state index contributed by atoms with van der Waals surface area (Å²) in [5, 5.41) is 2.61. The van der Waals surface area contributed by atoms with Crippen molar-refractivity contribution in [3.8, 4) is 0 Å². The molecule has 9 nitrogen and oxygen atoms in total. The lowest BCUT2D eigenvalue weighted by molar-refractivity contribution is -0.125. The topological polar surface area (TPSA) is 104 Å². The van der Waals surface area contributed by atoms with Gasteiger partial charge in [-0.05, 0) is 31.2 Å². The average Bonchev–Trinajstić information content (AvgIpc) is 3.52. The third-order valence-electron chi connectivity index (χ3n) is 5.12. The second kappa shape index (κ2) is 9.11. The summed E-state index contributed by atoms with van der Waals surface area (Å²) in [6, 6.07) is 2.97. The number of rotatable bonds is 4. The van der Waals surface area contributed by atoms with Gasteiger partial charge in [0.05, 0.1) is 23.8 Å². The number of carbonyl (C=O) groups is 3. The lowest BCUT2D eigenvalue weighted by Crippen LogP contribution is -2.51. The minimum atomic E-state index is -0.591. The van der Waals surface area contributed by atoms with Crippen molar-refractivity contribution < 1.29 is 19.1 Å². The molecule has 2 aliphatic rings. The normalized spacial score (nSPS) is 19.0. The van der Waals surface area contributed by atoms with E-state index in [4.69, 9.17) is 4.74 Å². The van der Waals surface area contributed by atoms with Crippen molar-refractivity contribution in [1.29, 1.82) is 0 Å². The molecular weight excluding hydrogens is 426 g/mol. The van der Waals surface area contributed by atoms with Gasteiger partial charge in [0.15, 0.2) is 5.13 Å². The third-order valence-corrected chi connectivity index (χ3v) is 7.20. The van der Waals surface area contributed by atoms with E-state index in [1.807, 2.05) is 11.4 Å². The highest BCUT2D eigenvalue weighted by atomic mass is 32.1. The molecule has 0 aromatic carbocycles. The number of thiazole rings is 1. The molecule has 2 N–H and O–H groups in total. The second-order valence-electron chi connectivity index (χ2n) is 7.09. The molecule has 1 atom stereocenters. The Kier molecular flexibility index (Phi) is 6.30. The summed E-state index contributed by atoms with van der Waals surface area (Å²) in [4.78, 5) is 47.1. The summed E-state index contributed by atoms with van der Waals surface area (Å²) < 4.78 is 5.35. The SMILES string of the molecule is Cc1nc(N2CCOCC2)sc1C(=O)NNC(=O)[C@@H]1CCCN1C(=O)c1cccs1. The number of hydrogen-bond donors (Lipinski definition) is 2. The predicted octanol–water partition coefficient (Wildman–Crippen LogP) is 1.42. The Morgan fingerprint density at radius 1 is 1.20 bits per heavy atom. The monoisotopic (exact) mass is 449 g/mol. The van der Waals surface area contributed by atoms with Crippen LogP contribution in [0.3, 0.4) is 0 Å². The molecule has 0 saturated carbocycles. The lowest BCUT2D eigenvalue weighted by atomic mass is 10.2. The molecule has 0 spiro atoms. The highest BCUT2D eigenvalue weighted by Crippen LogP contribution is 2.27. The standard InChI is InChI=1S/C19H23N5O4S2/c1-12-15(30-19(20-12)23-7-9-28-10-8-23)17(26)22-21-16(25)13-4-2-6-24(13)18(27)14-5-3-11-29-14/h3,5,11,13H,2,4,6-10H2,1H3,(H,21,25)(H,22,26)/t13-/m0/s1. The maximum atomic E-state index is 12.7. The van der Waals surface area contributed by atoms with Gasteiger partial charge in [-0.3, -0.25) is 25.2 Å². The minimum absolute atomic E-state index is 0.151. The molecule has 0 radical (unpaired) electrons. The molecule has 2 aromatic rings. The van der Waals surface area contributed by atoms with E-state index in [9.17, 15) is 14.4 Å². The van der Waals surface area contributed by atoms with Crippen LogP contribution in [0, 0.1) is 6.92 Å². The first-order chi connectivity index (χ1) is 14.5. The first-order valence-corrected chi connectivity index (χ1v) is 11.5. The number of thiophene rings is 1. The molecule has 160 valence electrons. The lowest BCUT2D eigenvalue weighted by Gasteiger charge is -2.26. The largest absolute Gasteiger partial charge is 0.378 e. The molecule has 0 unspecified atom stereocenters. The van der Waals surface area contributed by atoms with Crippen LogP contribution in [0.25, 0.3) is 0 Å². The fraction of sp³-hybridized carbons (Fsp3) is 0.474. The van der Waals surface area contributed by atoms with Crippen LogP contribution in [0.4, 0.5) is 5.13 Å². The van der Waals surface area contributed by atoms with E-state index in [1.165, 1.54) is 22.7 Å². The fourth-order valence-electron chi connectivity index (χ4n) is 3.57. The molecule has 4 heterocycles. The number of nitrogens with one attached hydrogen (secondary N) is 2. The molecule has 0 bridgehead atoms. The Balaban J connectivity index is 1.36. The number of hydrogen-bond acceptors (Lipinski definition) is 8. The van der Waals surface area contributed by atoms with Gasteiger partial charge in [0, 0.05) is 19.6 Å². The number of ether oxygens (including phenoxy) is 1. The van der Waals surface area contributed by atoms with Gasteiger partial charge in [-0.1, -0.05) is 17.4 Å². The maximum absolute atomic E-state index is 12.7. The van der Waals surface area contributed by atoms with Crippen LogP contribution in [0.5, 0.6) is 0 Å². The molecular formula is C19H23N5O4S2. The molecule has 2 saturated heterocycles. The summed E-state index contributed by atoms with van der Waals surface area (Å²) >= 11 is 2.65. The van der Waals surface area contributed by atoms with E-state index in [2.05, 4.69) is 20.7 Å². The molecule has 0 aliphatic carbocycles. The summed E-state index contributed by atoms with van der Waals surface area (Å²) in [5.74, 6) is -0.948. The number of aromatic nitrogens is 1. The Morgan fingerprint density at radius 3 is 2.73 bits per heavy atom. The van der Waals surface area contributed by atoms with E-state index in [1.54, 1.807) is 17.9 Å². The van der Waals surface area contributed by atoms with E-state index in [-0.39, 0.29) is 11.8 Å². The van der Waals surface area contributed by atoms with Gasteiger partial charge >= 0.3 is 0 Å². The zero-order chi connectivity index (χ0) is 21.1. The van der Waals surface area contributed by atoms with Gasteiger partial charge in [0.1, 0.15) is 10.9 Å². The number of carbonyl (C=O) groups excluding carboxylic acids is 3. The van der Waals surface area contributed by atoms with E-state index in [0.29, 0.717) is 41.6 Å². The van der Waals surface area contributed by atoms with E-state index in [0.717, 1.165) is 24.6 Å². The van der Waals surface area contributed by atoms with Crippen LogP contribution in [0.15, 0.2) is 17.5 Å². The first-order valence-electron chi connectivity index (χ1n) is 9.79. The Labute approximate surface area is 182 Å². The molecule has 3 amide bonds. The van der Waals surface area contributed by atoms with Crippen molar-refractivity contribution in [2.24, 2.45) is 0 Å². The number of nitrogens with zero attached hydrogens (tertiary/aromatic N) is 3.